The van der Waals surface area contributed by atoms with Gasteiger partial charge in [-0.1, -0.05) is 0 Å². The summed E-state index contributed by atoms with van der Waals surface area (Å²) in [7, 11) is -3.47. The molecule has 2 aliphatic rings. The third kappa shape index (κ3) is 3.28. The quantitative estimate of drug-likeness (QED) is 0.866. The molecule has 1 N–H and O–H groups in total. The maximum atomic E-state index is 12.5. The SMILES string of the molecule is O=C(O)Cc1ccc(S(=O)(=O)N2CCN(C3CC3)CC2)s1. The van der Waals surface area contributed by atoms with E-state index in [9.17, 15) is 13.2 Å². The number of sulfonamides is 1. The highest BCUT2D eigenvalue weighted by atomic mass is 32.2. The van der Waals surface area contributed by atoms with Crippen LogP contribution in [0.2, 0.25) is 0 Å². The zero-order valence-electron chi connectivity index (χ0n) is 11.6. The van der Waals surface area contributed by atoms with Crippen LogP contribution in [0.1, 0.15) is 17.7 Å². The van der Waals surface area contributed by atoms with E-state index in [0.29, 0.717) is 24.0 Å². The molecule has 0 spiro atoms. The van der Waals surface area contributed by atoms with Gasteiger partial charge in [-0.05, 0) is 25.0 Å². The standard InChI is InChI=1S/C13H18N2O4S2/c16-12(17)9-11-3-4-13(20-11)21(18,19)15-7-5-14(6-8-15)10-1-2-10/h3-4,10H,1-2,5-9H2,(H,16,17). The summed E-state index contributed by atoms with van der Waals surface area (Å²) in [6, 6.07) is 3.77. The number of hydrogen-bond donors (Lipinski definition) is 1. The lowest BCUT2D eigenvalue weighted by molar-refractivity contribution is -0.136. The number of carbonyl (C=O) groups is 1. The van der Waals surface area contributed by atoms with Crippen molar-refractivity contribution >= 4 is 27.3 Å². The van der Waals surface area contributed by atoms with Crippen LogP contribution < -0.4 is 0 Å². The van der Waals surface area contributed by atoms with Crippen LogP contribution in [0.4, 0.5) is 0 Å². The van der Waals surface area contributed by atoms with Gasteiger partial charge in [-0.15, -0.1) is 11.3 Å². The molecule has 21 heavy (non-hydrogen) atoms. The third-order valence-corrected chi connectivity index (χ3v) is 7.34. The van der Waals surface area contributed by atoms with E-state index >= 15 is 0 Å². The van der Waals surface area contributed by atoms with Crippen molar-refractivity contribution in [3.05, 3.63) is 17.0 Å². The van der Waals surface area contributed by atoms with Crippen LogP contribution >= 0.6 is 11.3 Å². The first kappa shape index (κ1) is 15.0. The number of nitrogens with zero attached hydrogens (tertiary/aromatic N) is 2. The van der Waals surface area contributed by atoms with Crippen LogP contribution in [0.5, 0.6) is 0 Å². The second kappa shape index (κ2) is 5.68. The van der Waals surface area contributed by atoms with Crippen molar-refractivity contribution in [1.29, 1.82) is 0 Å². The molecule has 0 atom stereocenters. The van der Waals surface area contributed by atoms with Crippen molar-refractivity contribution in [3.8, 4) is 0 Å². The second-order valence-corrected chi connectivity index (χ2v) is 8.80. The Morgan fingerprint density at radius 3 is 2.48 bits per heavy atom. The van der Waals surface area contributed by atoms with Crippen molar-refractivity contribution in [3.63, 3.8) is 0 Å². The Kier molecular flexibility index (Phi) is 4.04. The van der Waals surface area contributed by atoms with Crippen molar-refractivity contribution in [1.82, 2.24) is 9.21 Å². The van der Waals surface area contributed by atoms with Gasteiger partial charge < -0.3 is 5.11 Å². The lowest BCUT2D eigenvalue weighted by atomic mass is 10.3. The minimum atomic E-state index is -3.47. The number of hydrogen-bond acceptors (Lipinski definition) is 5. The minimum absolute atomic E-state index is 0.129. The van der Waals surface area contributed by atoms with Gasteiger partial charge in [0.25, 0.3) is 10.0 Å². The molecule has 2 heterocycles. The number of carboxylic acids is 1. The van der Waals surface area contributed by atoms with Crippen LogP contribution in [-0.4, -0.2) is 60.9 Å². The number of thiophene rings is 1. The monoisotopic (exact) mass is 330 g/mol. The molecule has 1 saturated carbocycles. The molecule has 1 aromatic heterocycles. The van der Waals surface area contributed by atoms with E-state index in [0.717, 1.165) is 24.4 Å². The van der Waals surface area contributed by atoms with E-state index in [4.69, 9.17) is 5.11 Å². The molecule has 1 saturated heterocycles. The molecule has 0 amide bonds. The molecule has 0 unspecified atom stereocenters. The summed E-state index contributed by atoms with van der Waals surface area (Å²) in [5.41, 5.74) is 0. The van der Waals surface area contributed by atoms with Gasteiger partial charge in [-0.2, -0.15) is 4.31 Å². The number of rotatable bonds is 5. The van der Waals surface area contributed by atoms with Crippen molar-refractivity contribution in [2.75, 3.05) is 26.2 Å². The minimum Gasteiger partial charge on any atom is -0.481 e. The Morgan fingerprint density at radius 1 is 1.24 bits per heavy atom. The highest BCUT2D eigenvalue weighted by Crippen LogP contribution is 2.30. The van der Waals surface area contributed by atoms with Gasteiger partial charge in [-0.25, -0.2) is 8.42 Å². The lowest BCUT2D eigenvalue weighted by Gasteiger charge is -2.33. The first-order chi connectivity index (χ1) is 9.96. The molecular formula is C13H18N2O4S2. The fraction of sp³-hybridized carbons (Fsp3) is 0.615. The number of aliphatic carboxylic acids is 1. The fourth-order valence-corrected chi connectivity index (χ4v) is 5.54. The molecule has 8 heteroatoms. The van der Waals surface area contributed by atoms with Crippen molar-refractivity contribution < 1.29 is 18.3 Å². The summed E-state index contributed by atoms with van der Waals surface area (Å²) in [6.45, 7) is 2.62. The summed E-state index contributed by atoms with van der Waals surface area (Å²) in [5.74, 6) is -0.946. The van der Waals surface area contributed by atoms with Gasteiger partial charge >= 0.3 is 5.97 Å². The summed E-state index contributed by atoms with van der Waals surface area (Å²) < 4.78 is 26.9. The molecule has 6 nitrogen and oxygen atoms in total. The van der Waals surface area contributed by atoms with E-state index < -0.39 is 16.0 Å². The average Bonchev–Trinajstić information content (AvgIpc) is 3.18. The molecule has 3 rings (SSSR count). The van der Waals surface area contributed by atoms with Crippen LogP contribution in [0.25, 0.3) is 0 Å². The maximum absolute atomic E-state index is 12.5. The van der Waals surface area contributed by atoms with E-state index in [1.54, 1.807) is 6.07 Å². The smallest absolute Gasteiger partial charge is 0.308 e. The first-order valence-electron chi connectivity index (χ1n) is 7.01. The topological polar surface area (TPSA) is 77.9 Å². The molecule has 116 valence electrons. The average molecular weight is 330 g/mol. The molecule has 1 aromatic rings. The zero-order valence-corrected chi connectivity index (χ0v) is 13.2. The third-order valence-electron chi connectivity index (χ3n) is 3.89. The molecular weight excluding hydrogens is 312 g/mol. The van der Waals surface area contributed by atoms with Crippen LogP contribution in [0.3, 0.4) is 0 Å². The van der Waals surface area contributed by atoms with Gasteiger partial charge in [0, 0.05) is 37.1 Å². The van der Waals surface area contributed by atoms with Gasteiger partial charge in [-0.3, -0.25) is 9.69 Å². The van der Waals surface area contributed by atoms with E-state index in [1.807, 2.05) is 0 Å². The summed E-state index contributed by atoms with van der Waals surface area (Å²) >= 11 is 1.06. The molecule has 1 aliphatic heterocycles. The van der Waals surface area contributed by atoms with Crippen molar-refractivity contribution in [2.45, 2.75) is 29.5 Å². The summed E-state index contributed by atoms with van der Waals surface area (Å²) in [6.07, 6.45) is 2.34. The van der Waals surface area contributed by atoms with E-state index in [1.165, 1.54) is 23.2 Å². The van der Waals surface area contributed by atoms with Gasteiger partial charge in [0.2, 0.25) is 0 Å². The fourth-order valence-electron chi connectivity index (χ4n) is 2.62. The Labute approximate surface area is 128 Å². The predicted molar refractivity (Wildman–Crippen MR) is 79.0 cm³/mol. The molecule has 1 aliphatic carbocycles. The van der Waals surface area contributed by atoms with Crippen LogP contribution in [0, 0.1) is 0 Å². The molecule has 0 aromatic carbocycles. The Balaban J connectivity index is 1.68. The lowest BCUT2D eigenvalue weighted by Crippen LogP contribution is -2.49. The second-order valence-electron chi connectivity index (χ2n) is 5.46. The predicted octanol–water partition coefficient (Wildman–Crippen LogP) is 0.844. The largest absolute Gasteiger partial charge is 0.481 e. The highest BCUT2D eigenvalue weighted by molar-refractivity contribution is 7.91. The normalized spacial score (nSPS) is 21.5. The zero-order chi connectivity index (χ0) is 15.0. The van der Waals surface area contributed by atoms with Crippen LogP contribution in [-0.2, 0) is 21.2 Å². The maximum Gasteiger partial charge on any atom is 0.308 e. The molecule has 0 radical (unpaired) electrons. The highest BCUT2D eigenvalue weighted by Gasteiger charge is 2.35. The number of carboxylic acid groups (broad SMARTS) is 1. The van der Waals surface area contributed by atoms with Gasteiger partial charge in [0.05, 0.1) is 6.42 Å². The van der Waals surface area contributed by atoms with Crippen LogP contribution in [0.15, 0.2) is 16.3 Å². The first-order valence-corrected chi connectivity index (χ1v) is 9.27. The Hall–Kier alpha value is -0.960. The summed E-state index contributed by atoms with van der Waals surface area (Å²) in [5, 5.41) is 8.76. The van der Waals surface area contributed by atoms with E-state index in [-0.39, 0.29) is 10.6 Å². The number of piperazine rings is 1. The molecule has 2 fully saturated rings. The molecule has 0 bridgehead atoms. The van der Waals surface area contributed by atoms with Gasteiger partial charge in [0.15, 0.2) is 0 Å². The Bertz CT molecular complexity index is 628. The van der Waals surface area contributed by atoms with Gasteiger partial charge in [0.1, 0.15) is 4.21 Å². The summed E-state index contributed by atoms with van der Waals surface area (Å²) in [4.78, 5) is 13.6. The van der Waals surface area contributed by atoms with Crippen molar-refractivity contribution in [2.24, 2.45) is 0 Å². The van der Waals surface area contributed by atoms with E-state index in [2.05, 4.69) is 4.90 Å². The Morgan fingerprint density at radius 2 is 1.90 bits per heavy atom.